The number of anilines is 1. The van der Waals surface area contributed by atoms with E-state index in [9.17, 15) is 0 Å². The number of benzene rings is 3. The lowest BCUT2D eigenvalue weighted by Crippen LogP contribution is -2.25. The average molecular weight is 348 g/mol. The SMILES string of the molecule is c1ccc2c(c1)NC(c1ccc3ccccc3n1)n1c-2nc2ccccc21. The van der Waals surface area contributed by atoms with Crippen molar-refractivity contribution in [2.75, 3.05) is 5.32 Å². The number of nitrogens with one attached hydrogen (secondary N) is 1. The fourth-order valence-corrected chi connectivity index (χ4v) is 3.95. The highest BCUT2D eigenvalue weighted by Gasteiger charge is 2.28. The Morgan fingerprint density at radius 2 is 1.48 bits per heavy atom. The second-order valence-corrected chi connectivity index (χ2v) is 6.82. The summed E-state index contributed by atoms with van der Waals surface area (Å²) in [6.07, 6.45) is -0.105. The van der Waals surface area contributed by atoms with Crippen LogP contribution < -0.4 is 5.32 Å². The molecule has 3 aromatic carbocycles. The smallest absolute Gasteiger partial charge is 0.149 e. The molecule has 0 spiro atoms. The van der Waals surface area contributed by atoms with E-state index in [1.54, 1.807) is 0 Å². The zero-order valence-electron chi connectivity index (χ0n) is 14.5. The highest BCUT2D eigenvalue weighted by atomic mass is 15.3. The number of pyridine rings is 1. The number of rotatable bonds is 1. The highest BCUT2D eigenvalue weighted by Crippen LogP contribution is 2.40. The standard InChI is InChI=1S/C23H16N4/c1-3-9-17-15(7-1)13-14-20(24-17)23-25-18-10-4-2-8-16(18)22-26-19-11-5-6-12-21(19)27(22)23/h1-14,23,25H. The van der Waals surface area contributed by atoms with Crippen LogP contribution in [-0.2, 0) is 0 Å². The fraction of sp³-hybridized carbons (Fsp3) is 0.0435. The summed E-state index contributed by atoms with van der Waals surface area (Å²) in [4.78, 5) is 9.87. The molecule has 5 aromatic rings. The van der Waals surface area contributed by atoms with E-state index < -0.39 is 0 Å². The summed E-state index contributed by atoms with van der Waals surface area (Å²) in [6, 6.07) is 29.1. The molecule has 27 heavy (non-hydrogen) atoms. The normalized spacial score (nSPS) is 15.3. The van der Waals surface area contributed by atoms with Crippen molar-refractivity contribution in [1.82, 2.24) is 14.5 Å². The molecule has 4 heteroatoms. The van der Waals surface area contributed by atoms with E-state index >= 15 is 0 Å². The minimum absolute atomic E-state index is 0.105. The number of hydrogen-bond donors (Lipinski definition) is 1. The van der Waals surface area contributed by atoms with Crippen LogP contribution in [0.25, 0.3) is 33.3 Å². The highest BCUT2D eigenvalue weighted by molar-refractivity contribution is 5.87. The largest absolute Gasteiger partial charge is 0.359 e. The molecular formula is C23H16N4. The molecule has 0 saturated carbocycles. The molecule has 0 bridgehead atoms. The van der Waals surface area contributed by atoms with Gasteiger partial charge in [-0.25, -0.2) is 9.97 Å². The van der Waals surface area contributed by atoms with Crippen LogP contribution in [0.2, 0.25) is 0 Å². The Morgan fingerprint density at radius 3 is 2.44 bits per heavy atom. The maximum Gasteiger partial charge on any atom is 0.149 e. The molecule has 0 saturated heterocycles. The second kappa shape index (κ2) is 5.42. The number of imidazole rings is 1. The van der Waals surface area contributed by atoms with Gasteiger partial charge < -0.3 is 5.32 Å². The van der Waals surface area contributed by atoms with Gasteiger partial charge in [0.1, 0.15) is 12.0 Å². The van der Waals surface area contributed by atoms with Crippen LogP contribution in [0.4, 0.5) is 5.69 Å². The Hall–Kier alpha value is -3.66. The van der Waals surface area contributed by atoms with Crippen LogP contribution in [0.1, 0.15) is 11.9 Å². The van der Waals surface area contributed by atoms with Crippen LogP contribution in [-0.4, -0.2) is 14.5 Å². The van der Waals surface area contributed by atoms with E-state index in [0.29, 0.717) is 0 Å². The molecule has 0 radical (unpaired) electrons. The lowest BCUT2D eigenvalue weighted by atomic mass is 10.1. The van der Waals surface area contributed by atoms with Gasteiger partial charge in [-0.1, -0.05) is 48.5 Å². The van der Waals surface area contributed by atoms with Gasteiger partial charge in [-0.15, -0.1) is 0 Å². The number of para-hydroxylation sites is 4. The van der Waals surface area contributed by atoms with Crippen molar-refractivity contribution in [1.29, 1.82) is 0 Å². The average Bonchev–Trinajstić information content (AvgIpc) is 3.13. The maximum absolute atomic E-state index is 4.95. The van der Waals surface area contributed by atoms with E-state index in [4.69, 9.17) is 9.97 Å². The van der Waals surface area contributed by atoms with Gasteiger partial charge in [0.2, 0.25) is 0 Å². The summed E-state index contributed by atoms with van der Waals surface area (Å²) in [5.74, 6) is 0.977. The van der Waals surface area contributed by atoms with Crippen molar-refractivity contribution < 1.29 is 0 Å². The second-order valence-electron chi connectivity index (χ2n) is 6.82. The van der Waals surface area contributed by atoms with Gasteiger partial charge in [-0.2, -0.15) is 0 Å². The number of nitrogens with zero attached hydrogens (tertiary/aromatic N) is 3. The van der Waals surface area contributed by atoms with Crippen molar-refractivity contribution in [3.05, 3.63) is 90.6 Å². The minimum atomic E-state index is -0.105. The van der Waals surface area contributed by atoms with E-state index in [1.807, 2.05) is 18.2 Å². The van der Waals surface area contributed by atoms with Crippen LogP contribution in [0.3, 0.4) is 0 Å². The summed E-state index contributed by atoms with van der Waals surface area (Å²) in [6.45, 7) is 0. The van der Waals surface area contributed by atoms with Crippen molar-refractivity contribution in [2.45, 2.75) is 6.17 Å². The topological polar surface area (TPSA) is 42.7 Å². The summed E-state index contributed by atoms with van der Waals surface area (Å²) >= 11 is 0. The Bertz CT molecular complexity index is 1320. The molecule has 2 aromatic heterocycles. The molecule has 128 valence electrons. The summed E-state index contributed by atoms with van der Waals surface area (Å²) in [5.41, 5.74) is 6.28. The molecule has 1 aliphatic rings. The number of aromatic nitrogens is 3. The lowest BCUT2D eigenvalue weighted by molar-refractivity contribution is 0.652. The zero-order valence-corrected chi connectivity index (χ0v) is 14.5. The minimum Gasteiger partial charge on any atom is -0.359 e. The van der Waals surface area contributed by atoms with E-state index in [0.717, 1.165) is 44.7 Å². The summed E-state index contributed by atoms with van der Waals surface area (Å²) in [5, 5.41) is 4.82. The number of fused-ring (bicyclic) bond motifs is 6. The Labute approximate surface area is 156 Å². The molecule has 1 aliphatic heterocycles. The van der Waals surface area contributed by atoms with Gasteiger partial charge in [-0.05, 0) is 36.4 Å². The zero-order chi connectivity index (χ0) is 17.8. The maximum atomic E-state index is 4.95. The van der Waals surface area contributed by atoms with Gasteiger partial charge in [0.25, 0.3) is 0 Å². The molecule has 6 rings (SSSR count). The predicted molar refractivity (Wildman–Crippen MR) is 109 cm³/mol. The van der Waals surface area contributed by atoms with Crippen LogP contribution in [0.5, 0.6) is 0 Å². The summed E-state index contributed by atoms with van der Waals surface area (Å²) in [7, 11) is 0. The molecule has 3 heterocycles. The quantitative estimate of drug-likeness (QED) is 0.451. The van der Waals surface area contributed by atoms with Crippen molar-refractivity contribution in [3.8, 4) is 11.4 Å². The Balaban J connectivity index is 1.64. The molecule has 0 aliphatic carbocycles. The molecule has 0 amide bonds. The van der Waals surface area contributed by atoms with Crippen molar-refractivity contribution in [3.63, 3.8) is 0 Å². The van der Waals surface area contributed by atoms with Gasteiger partial charge in [0, 0.05) is 16.6 Å². The van der Waals surface area contributed by atoms with Gasteiger partial charge >= 0.3 is 0 Å². The fourth-order valence-electron chi connectivity index (χ4n) is 3.95. The van der Waals surface area contributed by atoms with Gasteiger partial charge in [-0.3, -0.25) is 4.57 Å². The first kappa shape index (κ1) is 14.5. The Morgan fingerprint density at radius 1 is 0.704 bits per heavy atom. The first-order valence-corrected chi connectivity index (χ1v) is 9.07. The van der Waals surface area contributed by atoms with Crippen molar-refractivity contribution >= 4 is 27.6 Å². The molecule has 1 unspecified atom stereocenters. The first-order chi connectivity index (χ1) is 13.4. The van der Waals surface area contributed by atoms with Gasteiger partial charge in [0.05, 0.1) is 22.2 Å². The van der Waals surface area contributed by atoms with Crippen LogP contribution in [0, 0.1) is 0 Å². The monoisotopic (exact) mass is 348 g/mol. The predicted octanol–water partition coefficient (Wildman–Crippen LogP) is 5.22. The third-order valence-electron chi connectivity index (χ3n) is 5.21. The molecule has 1 atom stereocenters. The Kier molecular flexibility index (Phi) is 2.91. The lowest BCUT2D eigenvalue weighted by Gasteiger charge is -2.29. The van der Waals surface area contributed by atoms with E-state index in [2.05, 4.69) is 76.6 Å². The molecule has 0 fully saturated rings. The molecular weight excluding hydrogens is 332 g/mol. The van der Waals surface area contributed by atoms with E-state index in [-0.39, 0.29) is 6.17 Å². The molecule has 4 nitrogen and oxygen atoms in total. The number of hydrogen-bond acceptors (Lipinski definition) is 3. The van der Waals surface area contributed by atoms with Crippen LogP contribution >= 0.6 is 0 Å². The van der Waals surface area contributed by atoms with Crippen LogP contribution in [0.15, 0.2) is 84.9 Å². The summed E-state index contributed by atoms with van der Waals surface area (Å²) < 4.78 is 2.26. The molecule has 1 N–H and O–H groups in total. The third-order valence-corrected chi connectivity index (χ3v) is 5.21. The third kappa shape index (κ3) is 2.10. The van der Waals surface area contributed by atoms with E-state index in [1.165, 1.54) is 0 Å². The van der Waals surface area contributed by atoms with Gasteiger partial charge in [0.15, 0.2) is 0 Å². The first-order valence-electron chi connectivity index (χ1n) is 9.07. The van der Waals surface area contributed by atoms with Crippen molar-refractivity contribution in [2.24, 2.45) is 0 Å².